The number of imide groups is 1. The molecule has 8 heteroatoms. The summed E-state index contributed by atoms with van der Waals surface area (Å²) in [7, 11) is 0. The molecule has 0 aliphatic carbocycles. The molecule has 0 atom stereocenters. The van der Waals surface area contributed by atoms with Crippen molar-refractivity contribution in [3.05, 3.63) is 70.4 Å². The molecule has 4 amide bonds. The fourth-order valence-corrected chi connectivity index (χ4v) is 4.99. The second-order valence-corrected chi connectivity index (χ2v) is 10.1. The van der Waals surface area contributed by atoms with E-state index in [-0.39, 0.29) is 11.2 Å². The molecule has 2 aliphatic rings. The number of carbonyl (C=O) groups is 3. The number of hydrogen-bond acceptors (Lipinski definition) is 4. The second-order valence-electron chi connectivity index (χ2n) is 9.66. The van der Waals surface area contributed by atoms with Crippen LogP contribution in [0.3, 0.4) is 0 Å². The molecule has 0 bridgehead atoms. The summed E-state index contributed by atoms with van der Waals surface area (Å²) < 4.78 is 0. The fourth-order valence-electron chi connectivity index (χ4n) is 4.86. The van der Waals surface area contributed by atoms with E-state index in [0.29, 0.717) is 16.8 Å². The minimum absolute atomic E-state index is 0.117. The summed E-state index contributed by atoms with van der Waals surface area (Å²) in [6.07, 6.45) is 3.89. The number of halogens is 1. The molecule has 2 aromatic rings. The average molecular weight is 493 g/mol. The number of anilines is 2. The molecule has 7 nitrogen and oxygen atoms in total. The van der Waals surface area contributed by atoms with Crippen LogP contribution in [0.5, 0.6) is 0 Å². The zero-order valence-corrected chi connectivity index (χ0v) is 21.2. The molecule has 4 rings (SSSR count). The van der Waals surface area contributed by atoms with Crippen molar-refractivity contribution < 1.29 is 14.4 Å². The lowest BCUT2D eigenvalue weighted by Crippen LogP contribution is -2.49. The quantitative estimate of drug-likeness (QED) is 0.439. The zero-order valence-electron chi connectivity index (χ0n) is 20.5. The van der Waals surface area contributed by atoms with Gasteiger partial charge in [-0.25, -0.2) is 9.69 Å². The summed E-state index contributed by atoms with van der Waals surface area (Å²) in [6.45, 7) is 10.4. The standard InChI is InChI=1S/C27H29ClN4O3/c1-16(2)32-23-11-6-18(12-21(23)17(3)14-27(32,4)5)13-22-25(34)31(26(35)30-22)15-24(33)29-20-9-7-19(28)8-10-20/h6-14,16H,15H2,1-5H3,(H,29,33)(H,30,35)/b22-13-. The molecule has 2 N–H and O–H groups in total. The van der Waals surface area contributed by atoms with Crippen LogP contribution >= 0.6 is 11.6 Å². The third-order valence-electron chi connectivity index (χ3n) is 6.12. The maximum Gasteiger partial charge on any atom is 0.329 e. The Morgan fingerprint density at radius 2 is 1.83 bits per heavy atom. The number of nitrogens with one attached hydrogen (secondary N) is 2. The van der Waals surface area contributed by atoms with E-state index in [1.165, 1.54) is 0 Å². The maximum atomic E-state index is 12.9. The number of nitrogens with zero attached hydrogens (tertiary/aromatic N) is 2. The van der Waals surface area contributed by atoms with Gasteiger partial charge in [-0.3, -0.25) is 9.59 Å². The molecule has 182 valence electrons. The van der Waals surface area contributed by atoms with Gasteiger partial charge >= 0.3 is 6.03 Å². The lowest BCUT2D eigenvalue weighted by molar-refractivity contribution is -0.127. The summed E-state index contributed by atoms with van der Waals surface area (Å²) in [4.78, 5) is 41.0. The van der Waals surface area contributed by atoms with Crippen molar-refractivity contribution in [1.29, 1.82) is 0 Å². The van der Waals surface area contributed by atoms with E-state index in [9.17, 15) is 14.4 Å². The molecule has 0 spiro atoms. The van der Waals surface area contributed by atoms with Gasteiger partial charge in [0.1, 0.15) is 12.2 Å². The number of benzene rings is 2. The minimum Gasteiger partial charge on any atom is -0.360 e. The van der Waals surface area contributed by atoms with E-state index in [0.717, 1.165) is 27.3 Å². The lowest BCUT2D eigenvalue weighted by atomic mass is 9.87. The topological polar surface area (TPSA) is 81.8 Å². The number of amides is 4. The summed E-state index contributed by atoms with van der Waals surface area (Å²) in [5, 5.41) is 5.79. The number of fused-ring (bicyclic) bond motifs is 1. The van der Waals surface area contributed by atoms with Crippen LogP contribution in [0.2, 0.25) is 5.02 Å². The highest BCUT2D eigenvalue weighted by atomic mass is 35.5. The van der Waals surface area contributed by atoms with E-state index in [1.54, 1.807) is 30.3 Å². The number of hydrogen-bond donors (Lipinski definition) is 2. The molecule has 0 radical (unpaired) electrons. The van der Waals surface area contributed by atoms with Gasteiger partial charge in [-0.1, -0.05) is 23.7 Å². The number of urea groups is 1. The molecule has 2 aromatic carbocycles. The van der Waals surface area contributed by atoms with Crippen LogP contribution in [0.25, 0.3) is 11.6 Å². The molecule has 0 aromatic heterocycles. The van der Waals surface area contributed by atoms with Crippen molar-refractivity contribution in [2.24, 2.45) is 0 Å². The Balaban J connectivity index is 1.53. The van der Waals surface area contributed by atoms with Gasteiger partial charge in [-0.05, 0) is 88.2 Å². The Labute approximate surface area is 210 Å². The first-order valence-corrected chi connectivity index (χ1v) is 11.9. The first kappa shape index (κ1) is 24.5. The summed E-state index contributed by atoms with van der Waals surface area (Å²) in [5.41, 5.74) is 4.71. The number of rotatable bonds is 5. The fraction of sp³-hybridized carbons (Fsp3) is 0.296. The van der Waals surface area contributed by atoms with Crippen LogP contribution in [0, 0.1) is 0 Å². The van der Waals surface area contributed by atoms with Crippen molar-refractivity contribution in [3.63, 3.8) is 0 Å². The predicted molar refractivity (Wildman–Crippen MR) is 140 cm³/mol. The maximum absolute atomic E-state index is 12.9. The predicted octanol–water partition coefficient (Wildman–Crippen LogP) is 5.28. The van der Waals surface area contributed by atoms with Gasteiger partial charge in [0.15, 0.2) is 0 Å². The van der Waals surface area contributed by atoms with Crippen molar-refractivity contribution in [1.82, 2.24) is 10.2 Å². The third-order valence-corrected chi connectivity index (χ3v) is 6.37. The van der Waals surface area contributed by atoms with Crippen LogP contribution in [0.1, 0.15) is 45.7 Å². The van der Waals surface area contributed by atoms with Crippen LogP contribution in [0.4, 0.5) is 16.2 Å². The van der Waals surface area contributed by atoms with Crippen molar-refractivity contribution in [2.75, 3.05) is 16.8 Å². The first-order chi connectivity index (χ1) is 16.5. The van der Waals surface area contributed by atoms with Gasteiger partial charge in [0, 0.05) is 28.0 Å². The van der Waals surface area contributed by atoms with Gasteiger partial charge < -0.3 is 15.5 Å². The highest BCUT2D eigenvalue weighted by Crippen LogP contribution is 2.40. The molecule has 0 unspecified atom stereocenters. The van der Waals surface area contributed by atoms with Gasteiger partial charge in [-0.2, -0.15) is 0 Å². The van der Waals surface area contributed by atoms with Crippen LogP contribution in [-0.2, 0) is 9.59 Å². The highest BCUT2D eigenvalue weighted by Gasteiger charge is 2.36. The smallest absolute Gasteiger partial charge is 0.329 e. The Kier molecular flexibility index (Phi) is 6.47. The van der Waals surface area contributed by atoms with Gasteiger partial charge in [0.05, 0.1) is 5.54 Å². The monoisotopic (exact) mass is 492 g/mol. The molecule has 2 heterocycles. The SMILES string of the molecule is CC1=CC(C)(C)N(C(C)C)c2ccc(/C=C3\NC(=O)N(CC(=O)Nc4ccc(Cl)cc4)C3=O)cc21. The molecular weight excluding hydrogens is 464 g/mol. The highest BCUT2D eigenvalue weighted by molar-refractivity contribution is 6.30. The van der Waals surface area contributed by atoms with E-state index in [2.05, 4.69) is 62.3 Å². The van der Waals surface area contributed by atoms with Gasteiger partial charge in [-0.15, -0.1) is 0 Å². The van der Waals surface area contributed by atoms with E-state index >= 15 is 0 Å². The first-order valence-electron chi connectivity index (χ1n) is 11.5. The van der Waals surface area contributed by atoms with Gasteiger partial charge in [0.25, 0.3) is 5.91 Å². The molecular formula is C27H29ClN4O3. The van der Waals surface area contributed by atoms with Crippen molar-refractivity contribution >= 4 is 52.5 Å². The van der Waals surface area contributed by atoms with Crippen LogP contribution in [-0.4, -0.2) is 40.9 Å². The number of carbonyl (C=O) groups excluding carboxylic acids is 3. The van der Waals surface area contributed by atoms with E-state index < -0.39 is 24.4 Å². The Bertz CT molecular complexity index is 1260. The Morgan fingerprint density at radius 1 is 1.14 bits per heavy atom. The Morgan fingerprint density at radius 3 is 2.49 bits per heavy atom. The van der Waals surface area contributed by atoms with Crippen molar-refractivity contribution in [3.8, 4) is 0 Å². The summed E-state index contributed by atoms with van der Waals surface area (Å²) >= 11 is 5.86. The average Bonchev–Trinajstić information content (AvgIpc) is 3.02. The lowest BCUT2D eigenvalue weighted by Gasteiger charge is -2.46. The third kappa shape index (κ3) is 4.95. The second kappa shape index (κ2) is 9.23. The molecule has 35 heavy (non-hydrogen) atoms. The minimum atomic E-state index is -0.630. The van der Waals surface area contributed by atoms with Crippen LogP contribution < -0.4 is 15.5 Å². The van der Waals surface area contributed by atoms with Crippen LogP contribution in [0.15, 0.2) is 54.2 Å². The zero-order chi connectivity index (χ0) is 25.5. The number of allylic oxidation sites excluding steroid dienone is 1. The Hall–Kier alpha value is -3.58. The van der Waals surface area contributed by atoms with E-state index in [4.69, 9.17) is 11.6 Å². The van der Waals surface area contributed by atoms with E-state index in [1.807, 2.05) is 12.1 Å². The molecule has 1 fully saturated rings. The summed E-state index contributed by atoms with van der Waals surface area (Å²) in [6, 6.07) is 12.3. The molecule has 1 saturated heterocycles. The molecule has 0 saturated carbocycles. The van der Waals surface area contributed by atoms with Gasteiger partial charge in [0.2, 0.25) is 5.91 Å². The molecule has 2 aliphatic heterocycles. The summed E-state index contributed by atoms with van der Waals surface area (Å²) in [5.74, 6) is -1.03. The largest absolute Gasteiger partial charge is 0.360 e. The normalized spacial score (nSPS) is 18.0. The van der Waals surface area contributed by atoms with Crippen molar-refractivity contribution in [2.45, 2.75) is 46.2 Å².